The van der Waals surface area contributed by atoms with Crippen LogP contribution in [0.2, 0.25) is 0 Å². The number of rotatable bonds is 4. The molecule has 24 heavy (non-hydrogen) atoms. The molecular weight excluding hydrogens is 376 g/mol. The standard InChI is InChI=1S/C17H19BrN2O4/c1-10-14(16(21)24-9-13-3-2-8-23-13)15(20-17(22)19-10)11-4-6-12(18)7-5-11/h4-7,13,15H,2-3,8-9H2,1H3,(H2,19,20,22)/t13-,15+/m0/s1. The van der Waals surface area contributed by atoms with Gasteiger partial charge in [0.25, 0.3) is 0 Å². The maximum Gasteiger partial charge on any atom is 0.338 e. The second kappa shape index (κ2) is 7.36. The Kier molecular flexibility index (Phi) is 5.20. The van der Waals surface area contributed by atoms with Gasteiger partial charge in [0, 0.05) is 16.8 Å². The molecule has 2 heterocycles. The van der Waals surface area contributed by atoms with Gasteiger partial charge in [-0.25, -0.2) is 9.59 Å². The van der Waals surface area contributed by atoms with E-state index in [0.717, 1.165) is 22.9 Å². The smallest absolute Gasteiger partial charge is 0.338 e. The zero-order valence-corrected chi connectivity index (χ0v) is 14.9. The Balaban J connectivity index is 1.80. The molecule has 3 rings (SSSR count). The minimum atomic E-state index is -0.538. The Morgan fingerprint density at radius 3 is 2.79 bits per heavy atom. The molecule has 1 aromatic rings. The van der Waals surface area contributed by atoms with Crippen LogP contribution in [0, 0.1) is 0 Å². The fourth-order valence-corrected chi connectivity index (χ4v) is 3.16. The zero-order chi connectivity index (χ0) is 17.1. The van der Waals surface area contributed by atoms with Crippen molar-refractivity contribution in [3.8, 4) is 0 Å². The third-order valence-electron chi connectivity index (χ3n) is 4.12. The van der Waals surface area contributed by atoms with E-state index in [9.17, 15) is 9.59 Å². The minimum absolute atomic E-state index is 0.0351. The maximum absolute atomic E-state index is 12.6. The summed E-state index contributed by atoms with van der Waals surface area (Å²) in [5.41, 5.74) is 1.73. The summed E-state index contributed by atoms with van der Waals surface area (Å²) in [6, 6.07) is 6.59. The number of allylic oxidation sites excluding steroid dienone is 1. The largest absolute Gasteiger partial charge is 0.459 e. The van der Waals surface area contributed by atoms with Gasteiger partial charge in [-0.05, 0) is 37.5 Å². The summed E-state index contributed by atoms with van der Waals surface area (Å²) in [6.07, 6.45) is 1.85. The lowest BCUT2D eigenvalue weighted by atomic mass is 9.96. The molecule has 2 amide bonds. The fourth-order valence-electron chi connectivity index (χ4n) is 2.89. The summed E-state index contributed by atoms with van der Waals surface area (Å²) in [4.78, 5) is 24.4. The number of amides is 2. The number of halogens is 1. The van der Waals surface area contributed by atoms with Gasteiger partial charge in [0.05, 0.1) is 17.7 Å². The molecule has 2 atom stereocenters. The quantitative estimate of drug-likeness (QED) is 0.769. The van der Waals surface area contributed by atoms with Gasteiger partial charge in [0.2, 0.25) is 0 Å². The van der Waals surface area contributed by atoms with Crippen molar-refractivity contribution in [3.63, 3.8) is 0 Å². The van der Waals surface area contributed by atoms with E-state index in [2.05, 4.69) is 26.6 Å². The topological polar surface area (TPSA) is 76.7 Å². The van der Waals surface area contributed by atoms with Crippen molar-refractivity contribution in [2.24, 2.45) is 0 Å². The molecule has 2 N–H and O–H groups in total. The summed E-state index contributed by atoms with van der Waals surface area (Å²) in [6.45, 7) is 2.65. The van der Waals surface area contributed by atoms with Crippen LogP contribution in [0.1, 0.15) is 31.4 Å². The zero-order valence-electron chi connectivity index (χ0n) is 13.3. The number of hydrogen-bond acceptors (Lipinski definition) is 4. The van der Waals surface area contributed by atoms with Crippen molar-refractivity contribution < 1.29 is 19.1 Å². The van der Waals surface area contributed by atoms with Crippen molar-refractivity contribution in [2.75, 3.05) is 13.2 Å². The van der Waals surface area contributed by atoms with Crippen LogP contribution < -0.4 is 10.6 Å². The first-order valence-electron chi connectivity index (χ1n) is 7.87. The lowest BCUT2D eigenvalue weighted by Crippen LogP contribution is -2.45. The molecule has 1 aromatic carbocycles. The highest BCUT2D eigenvalue weighted by atomic mass is 79.9. The van der Waals surface area contributed by atoms with Gasteiger partial charge in [-0.3, -0.25) is 0 Å². The average Bonchev–Trinajstić information content (AvgIpc) is 3.06. The second-order valence-electron chi connectivity index (χ2n) is 5.86. The predicted octanol–water partition coefficient (Wildman–Crippen LogP) is 2.80. The van der Waals surface area contributed by atoms with Gasteiger partial charge < -0.3 is 20.1 Å². The molecule has 0 aliphatic carbocycles. The van der Waals surface area contributed by atoms with Gasteiger partial charge in [0.1, 0.15) is 6.61 Å². The lowest BCUT2D eigenvalue weighted by Gasteiger charge is -2.28. The van der Waals surface area contributed by atoms with E-state index in [1.165, 1.54) is 0 Å². The van der Waals surface area contributed by atoms with Crippen LogP contribution in [0.25, 0.3) is 0 Å². The molecule has 0 bridgehead atoms. The van der Waals surface area contributed by atoms with E-state index in [4.69, 9.17) is 9.47 Å². The molecule has 0 spiro atoms. The van der Waals surface area contributed by atoms with Crippen LogP contribution in [-0.4, -0.2) is 31.3 Å². The van der Waals surface area contributed by atoms with Gasteiger partial charge in [-0.15, -0.1) is 0 Å². The predicted molar refractivity (Wildman–Crippen MR) is 91.2 cm³/mol. The monoisotopic (exact) mass is 394 g/mol. The molecule has 1 fully saturated rings. The van der Waals surface area contributed by atoms with Crippen molar-refractivity contribution in [1.29, 1.82) is 0 Å². The Bertz CT molecular complexity index is 666. The minimum Gasteiger partial charge on any atom is -0.459 e. The maximum atomic E-state index is 12.6. The van der Waals surface area contributed by atoms with Crippen molar-refractivity contribution in [2.45, 2.75) is 31.9 Å². The van der Waals surface area contributed by atoms with Crippen LogP contribution >= 0.6 is 15.9 Å². The Morgan fingerprint density at radius 2 is 2.12 bits per heavy atom. The Morgan fingerprint density at radius 1 is 1.38 bits per heavy atom. The van der Waals surface area contributed by atoms with Crippen molar-refractivity contribution in [3.05, 3.63) is 45.6 Å². The number of urea groups is 1. The van der Waals surface area contributed by atoms with Crippen molar-refractivity contribution in [1.82, 2.24) is 10.6 Å². The number of carbonyl (C=O) groups excluding carboxylic acids is 2. The van der Waals surface area contributed by atoms with E-state index in [-0.39, 0.29) is 18.7 Å². The number of benzene rings is 1. The highest BCUT2D eigenvalue weighted by Crippen LogP contribution is 2.28. The third-order valence-corrected chi connectivity index (χ3v) is 4.65. The van der Waals surface area contributed by atoms with E-state index < -0.39 is 12.0 Å². The molecule has 2 aliphatic heterocycles. The van der Waals surface area contributed by atoms with Crippen LogP contribution in [0.3, 0.4) is 0 Å². The molecule has 0 unspecified atom stereocenters. The van der Waals surface area contributed by atoms with Gasteiger partial charge in [-0.2, -0.15) is 0 Å². The summed E-state index contributed by atoms with van der Waals surface area (Å²) >= 11 is 3.38. The molecule has 0 saturated carbocycles. The van der Waals surface area contributed by atoms with E-state index in [1.54, 1.807) is 6.92 Å². The lowest BCUT2D eigenvalue weighted by molar-refractivity contribution is -0.142. The van der Waals surface area contributed by atoms with E-state index in [1.807, 2.05) is 24.3 Å². The highest BCUT2D eigenvalue weighted by Gasteiger charge is 2.32. The first-order chi connectivity index (χ1) is 11.5. The Hall–Kier alpha value is -1.86. The second-order valence-corrected chi connectivity index (χ2v) is 6.77. The summed E-state index contributed by atoms with van der Waals surface area (Å²) in [7, 11) is 0. The average molecular weight is 395 g/mol. The SMILES string of the molecule is CC1=C(C(=O)OC[C@@H]2CCCO2)[C@@H](c2ccc(Br)cc2)NC(=O)N1. The number of hydrogen-bond donors (Lipinski definition) is 2. The normalized spacial score (nSPS) is 23.7. The van der Waals surface area contributed by atoms with Crippen LogP contribution in [-0.2, 0) is 14.3 Å². The molecule has 0 aromatic heterocycles. The number of carbonyl (C=O) groups is 2. The Labute approximate surface area is 148 Å². The summed E-state index contributed by atoms with van der Waals surface area (Å²) in [5, 5.41) is 5.42. The molecule has 1 saturated heterocycles. The number of ether oxygens (including phenoxy) is 2. The highest BCUT2D eigenvalue weighted by molar-refractivity contribution is 9.10. The summed E-state index contributed by atoms with van der Waals surface area (Å²) < 4.78 is 11.8. The van der Waals surface area contributed by atoms with Crippen LogP contribution in [0.5, 0.6) is 0 Å². The van der Waals surface area contributed by atoms with Gasteiger partial charge >= 0.3 is 12.0 Å². The fraction of sp³-hybridized carbons (Fsp3) is 0.412. The molecule has 6 nitrogen and oxygen atoms in total. The molecule has 0 radical (unpaired) electrons. The van der Waals surface area contributed by atoms with E-state index in [0.29, 0.717) is 17.9 Å². The van der Waals surface area contributed by atoms with Crippen LogP contribution in [0.15, 0.2) is 40.0 Å². The summed E-state index contributed by atoms with van der Waals surface area (Å²) in [5.74, 6) is -0.441. The first-order valence-corrected chi connectivity index (χ1v) is 8.66. The van der Waals surface area contributed by atoms with Gasteiger partial charge in [-0.1, -0.05) is 28.1 Å². The first kappa shape index (κ1) is 17.0. The van der Waals surface area contributed by atoms with Crippen LogP contribution in [0.4, 0.5) is 4.79 Å². The van der Waals surface area contributed by atoms with Gasteiger partial charge in [0.15, 0.2) is 0 Å². The molecular formula is C17H19BrN2O4. The molecule has 7 heteroatoms. The molecule has 2 aliphatic rings. The van der Waals surface area contributed by atoms with E-state index >= 15 is 0 Å². The number of nitrogens with one attached hydrogen (secondary N) is 2. The molecule has 128 valence electrons. The third kappa shape index (κ3) is 3.79. The number of esters is 1. The van der Waals surface area contributed by atoms with Crippen molar-refractivity contribution >= 4 is 27.9 Å².